The fraction of sp³-hybridized carbons (Fsp3) is 0.571. The number of carbonyl (C=O) groups is 3. The van der Waals surface area contributed by atoms with E-state index in [4.69, 9.17) is 23.9 Å². The van der Waals surface area contributed by atoms with Gasteiger partial charge in [-0.3, -0.25) is 37.7 Å². The molecule has 21 nitrogen and oxygen atoms in total. The molecule has 1 saturated heterocycles. The van der Waals surface area contributed by atoms with Gasteiger partial charge in [0.2, 0.25) is 5.91 Å². The first-order valence-electron chi connectivity index (χ1n) is 22.6. The number of ether oxygens (including phenoxy) is 1. The van der Waals surface area contributed by atoms with Crippen molar-refractivity contribution in [1.29, 1.82) is 0 Å². The molecule has 4 bridgehead atoms. The molecule has 0 spiro atoms. The summed E-state index contributed by atoms with van der Waals surface area (Å²) in [6.07, 6.45) is 30.3. The Bertz CT molecular complexity index is 2490. The largest absolute Gasteiger partial charge is 1.00 e. The summed E-state index contributed by atoms with van der Waals surface area (Å²) >= 11 is 0. The fourth-order valence-corrected chi connectivity index (χ4v) is 8.97. The van der Waals surface area contributed by atoms with Crippen LogP contribution < -0.4 is 46.0 Å². The molecular formula is C49H66N6NaO15S-. The third kappa shape index (κ3) is 20.6. The molecule has 5 aliphatic carbocycles. The number of amides is 1. The summed E-state index contributed by atoms with van der Waals surface area (Å²) in [4.78, 5) is 110. The first kappa shape index (κ1) is 66.6. The van der Waals surface area contributed by atoms with Gasteiger partial charge in [0, 0.05) is 62.7 Å². The summed E-state index contributed by atoms with van der Waals surface area (Å²) in [5, 5.41) is 2.95. The summed E-state index contributed by atoms with van der Waals surface area (Å²) in [6, 6.07) is 3.06. The van der Waals surface area contributed by atoms with Crippen LogP contribution >= 0.6 is 0 Å². The molecule has 8 atom stereocenters. The van der Waals surface area contributed by atoms with E-state index in [0.29, 0.717) is 66.6 Å². The molecule has 390 valence electrons. The molecular weight excluding hydrogens is 968 g/mol. The minimum atomic E-state index is -3.16. The summed E-state index contributed by atoms with van der Waals surface area (Å²) in [5.41, 5.74) is -0.284. The van der Waals surface area contributed by atoms with Crippen molar-refractivity contribution in [2.24, 2.45) is 40.5 Å². The number of aryl methyl sites for hydroxylation is 2. The molecule has 2 aromatic heterocycles. The molecule has 1 unspecified atom stereocenters. The van der Waals surface area contributed by atoms with Gasteiger partial charge in [0.1, 0.15) is 17.4 Å². The minimum Gasteiger partial charge on any atom is -0.870 e. The summed E-state index contributed by atoms with van der Waals surface area (Å²) < 4.78 is 31.3. The molecule has 72 heavy (non-hydrogen) atoms. The van der Waals surface area contributed by atoms with E-state index in [-0.39, 0.29) is 83.6 Å². The Hall–Kier alpha value is -5.44. The molecule has 0 aromatic carbocycles. The Balaban J connectivity index is 0.000000807. The number of nitrogens with zero attached hydrogens (tertiary/aromatic N) is 5. The maximum absolute atomic E-state index is 11.4. The van der Waals surface area contributed by atoms with Crippen LogP contribution in [0.1, 0.15) is 110 Å². The number of hydrogen-bond donors (Lipinski definition) is 1. The predicted molar refractivity (Wildman–Crippen MR) is 256 cm³/mol. The van der Waals surface area contributed by atoms with Crippen LogP contribution in [0.25, 0.3) is 0 Å². The van der Waals surface area contributed by atoms with E-state index < -0.39 is 16.2 Å². The molecule has 9 aliphatic rings. The Labute approximate surface area is 442 Å². The molecule has 3 fully saturated rings. The van der Waals surface area contributed by atoms with E-state index in [2.05, 4.69) is 74.8 Å². The third-order valence-corrected chi connectivity index (χ3v) is 13.0. The quantitative estimate of drug-likeness (QED) is 0.145. The van der Waals surface area contributed by atoms with E-state index in [1.807, 2.05) is 6.29 Å². The molecule has 4 aliphatic heterocycles. The van der Waals surface area contributed by atoms with Gasteiger partial charge in [-0.05, 0) is 82.0 Å². The molecule has 11 rings (SSSR count). The van der Waals surface area contributed by atoms with Crippen LogP contribution in [0, 0.1) is 35.5 Å². The number of Topliss-reactive ketones (excluding diaryl/α,β-unsaturated/α-hetero) is 2. The molecule has 2 N–H and O–H groups in total. The maximum atomic E-state index is 11.4. The van der Waals surface area contributed by atoms with Crippen molar-refractivity contribution in [2.45, 2.75) is 123 Å². The monoisotopic (exact) mass is 1030 g/mol. The van der Waals surface area contributed by atoms with E-state index in [0.717, 1.165) is 75.4 Å². The zero-order valence-corrected chi connectivity index (χ0v) is 43.9. The van der Waals surface area contributed by atoms with Gasteiger partial charge in [-0.15, -0.1) is 0 Å². The number of nitrogens with one attached hydrogen (secondary N) is 1. The van der Waals surface area contributed by atoms with Crippen molar-refractivity contribution in [3.63, 3.8) is 0 Å². The number of fused-ring (bicyclic) bond motifs is 9. The maximum Gasteiger partial charge on any atom is 1.00 e. The number of allylic oxidation sites excluding steroid dienone is 5. The molecule has 0 radical (unpaired) electrons. The molecule has 23 heteroatoms. The summed E-state index contributed by atoms with van der Waals surface area (Å²) in [7, 11) is -0.364. The van der Waals surface area contributed by atoms with Crippen LogP contribution in [0.15, 0.2) is 75.6 Å². The van der Waals surface area contributed by atoms with Gasteiger partial charge in [-0.25, -0.2) is 16.3 Å². The van der Waals surface area contributed by atoms with Gasteiger partial charge < -0.3 is 24.9 Å². The second kappa shape index (κ2) is 33.3. The first-order valence-corrected chi connectivity index (χ1v) is 24.4. The normalized spacial score (nSPS) is 26.1. The van der Waals surface area contributed by atoms with Crippen molar-refractivity contribution in [3.8, 4) is 0 Å². The topological polar surface area (TPSA) is 313 Å². The zero-order chi connectivity index (χ0) is 51.3. The van der Waals surface area contributed by atoms with Crippen molar-refractivity contribution >= 4 is 52.1 Å². The molecule has 2 saturated carbocycles. The van der Waals surface area contributed by atoms with Crippen molar-refractivity contribution in [1.82, 2.24) is 24.4 Å². The average Bonchev–Trinajstić information content (AvgIpc) is 4.18. The van der Waals surface area contributed by atoms with Crippen LogP contribution in [-0.2, 0) is 70.2 Å². The third-order valence-electron chi connectivity index (χ3n) is 12.4. The van der Waals surface area contributed by atoms with Crippen LogP contribution in [-0.4, -0.2) is 108 Å². The van der Waals surface area contributed by atoms with Gasteiger partial charge in [0.05, 0.1) is 38.5 Å². The van der Waals surface area contributed by atoms with Crippen molar-refractivity contribution in [3.05, 3.63) is 93.3 Å². The SMILES string of the molecule is C.C1=CC2C=CC1C2.CC(=O)[C@@H]1CCc2nccc(=O)n21.COC1=N[C@H](C)CC1.COS(C)(=O)=O.C[C@@H]1CCC(=O)C1.O=C1N[C@H]2C3C=C[C@@H](C3)[C@@H]12.O=C=O.O=C=O.O=[C-][C@@H]1CCc2nccc(=O)n21.[Na+].[OH-]. The second-order valence-corrected chi connectivity index (χ2v) is 19.1. The van der Waals surface area contributed by atoms with E-state index in [1.165, 1.54) is 53.4 Å². The Morgan fingerprint density at radius 2 is 1.29 bits per heavy atom. The van der Waals surface area contributed by atoms with Crippen molar-refractivity contribution in [2.75, 3.05) is 20.5 Å². The first-order chi connectivity index (χ1) is 32.8. The Kier molecular flexibility index (Phi) is 30.8. The minimum absolute atomic E-state index is 0. The summed E-state index contributed by atoms with van der Waals surface area (Å²) in [6.45, 7) is 5.75. The molecule has 2 aromatic rings. The summed E-state index contributed by atoms with van der Waals surface area (Å²) in [5.74, 6) is 7.01. The Morgan fingerprint density at radius 1 is 0.778 bits per heavy atom. The van der Waals surface area contributed by atoms with Crippen LogP contribution in [0.4, 0.5) is 0 Å². The average molecular weight is 1030 g/mol. The smallest absolute Gasteiger partial charge is 0.870 e. The number of aliphatic imine (C=N–C) groups is 1. The fourth-order valence-electron chi connectivity index (χ4n) is 8.97. The van der Waals surface area contributed by atoms with Crippen molar-refractivity contribution < 1.29 is 90.7 Å². The van der Waals surface area contributed by atoms with Gasteiger partial charge >= 0.3 is 41.9 Å². The number of methoxy groups -OCH3 is 1. The zero-order valence-electron chi connectivity index (χ0n) is 41.1. The predicted octanol–water partition coefficient (Wildman–Crippen LogP) is 0.693. The number of rotatable bonds is 3. The van der Waals surface area contributed by atoms with E-state index in [1.54, 1.807) is 7.11 Å². The van der Waals surface area contributed by atoms with Gasteiger partial charge in [0.15, 0.2) is 11.7 Å². The van der Waals surface area contributed by atoms with Crippen LogP contribution in [0.2, 0.25) is 0 Å². The number of β-lactam (4-membered cyclic amide) rings is 1. The van der Waals surface area contributed by atoms with Gasteiger partial charge in [-0.1, -0.05) is 56.8 Å². The van der Waals surface area contributed by atoms with Crippen LogP contribution in [0.5, 0.6) is 0 Å². The number of carbonyl (C=O) groups excluding carboxylic acids is 8. The Morgan fingerprint density at radius 3 is 1.64 bits per heavy atom. The molecule has 1 amide bonds. The number of aromatic nitrogens is 4. The standard InChI is InChI=1S/C9H10N2O2.C8H7N2O2.C8H9NO.C7H8.C6H11NO.C6H10O.C2H6O3S.2CO2.CH4.Na.H2O/c1-6(12)7-2-3-8-10-5-4-9(13)11(7)8;11-5-6-1-2-7-9-4-3-8(12)10(6)7;10-8-6-4-1-2-5(3-4)7(6)9-8;1-2-7-4-3-6(1)5-7;1-5-3-4-6(7-5)8-2;1-5-2-3-6(7)4-5;1-5-6(2,3)4;2*2-1-3;;;/h4-5,7H,2-3H2,1H3;3-4,6H,1-2H2;1-2,4-7H,3H2,(H,9,10);1-4,6-7H,5H2;5H,3-4H2,1-2H3;5H,2-4H2,1H3;1-2H3;;;1H4;;1H2/q;-1;;;;;;;;;+1;/p-1/t7-;6-;4-,5?,6+,7-;;2*5-;;;;;;/m000.11....../s1. The number of ketones is 2. The van der Waals surface area contributed by atoms with E-state index in [9.17, 15) is 37.2 Å². The second-order valence-electron chi connectivity index (χ2n) is 17.4. The van der Waals surface area contributed by atoms with E-state index >= 15 is 0 Å². The van der Waals surface area contributed by atoms with Crippen LogP contribution in [0.3, 0.4) is 0 Å². The molecule has 6 heterocycles. The van der Waals surface area contributed by atoms with Gasteiger partial charge in [0.25, 0.3) is 21.2 Å². The van der Waals surface area contributed by atoms with Gasteiger partial charge in [-0.2, -0.15) is 27.6 Å². The number of hydrogen-bond acceptors (Lipinski definition) is 18.